The van der Waals surface area contributed by atoms with Crippen molar-refractivity contribution in [2.75, 3.05) is 0 Å². The molecule has 0 amide bonds. The van der Waals surface area contributed by atoms with Gasteiger partial charge in [-0.3, -0.25) is 0 Å². The van der Waals surface area contributed by atoms with Crippen molar-refractivity contribution in [3.8, 4) is 0 Å². The number of fused-ring (bicyclic) bond motifs is 1. The molecule has 1 atom stereocenters. The molecule has 4 aromatic rings. The normalized spacial score (nSPS) is 13.6. The molecule has 0 radical (unpaired) electrons. The summed E-state index contributed by atoms with van der Waals surface area (Å²) in [5, 5.41) is 0. The Morgan fingerprint density at radius 1 is 0.594 bits per heavy atom. The van der Waals surface area contributed by atoms with E-state index in [2.05, 4.69) is 121 Å². The number of hydrogen-bond donors (Lipinski definition) is 0. The number of halogens is 2. The first-order valence-electron chi connectivity index (χ1n) is 10.3. The van der Waals surface area contributed by atoms with Gasteiger partial charge in [-0.1, -0.05) is 0 Å². The van der Waals surface area contributed by atoms with E-state index in [0.717, 1.165) is 0 Å². The van der Waals surface area contributed by atoms with Gasteiger partial charge in [0.15, 0.2) is 0 Å². The molecule has 1 aliphatic rings. The van der Waals surface area contributed by atoms with Crippen molar-refractivity contribution in [3.63, 3.8) is 0 Å². The smallest absolute Gasteiger partial charge is 1.00 e. The van der Waals surface area contributed by atoms with Gasteiger partial charge in [0, 0.05) is 0 Å². The average Bonchev–Trinajstić information content (AvgIpc) is 3.25. The molecule has 1 unspecified atom stereocenters. The summed E-state index contributed by atoms with van der Waals surface area (Å²) in [6, 6.07) is 38.6. The van der Waals surface area contributed by atoms with Crippen LogP contribution >= 0.6 is 0 Å². The van der Waals surface area contributed by atoms with Gasteiger partial charge < -0.3 is 24.8 Å². The van der Waals surface area contributed by atoms with E-state index in [1.807, 2.05) is 0 Å². The fraction of sp³-hybridized carbons (Fsp3) is 0.0714. The Morgan fingerprint density at radius 3 is 1.78 bits per heavy atom. The third-order valence-corrected chi connectivity index (χ3v) is 7.19. The fourth-order valence-electron chi connectivity index (χ4n) is 4.09. The molecule has 32 heavy (non-hydrogen) atoms. The predicted molar refractivity (Wildman–Crippen MR) is 119 cm³/mol. The van der Waals surface area contributed by atoms with Gasteiger partial charge in [-0.2, -0.15) is 0 Å². The monoisotopic (exact) mass is 492 g/mol. The van der Waals surface area contributed by atoms with Gasteiger partial charge in [-0.15, -0.1) is 0 Å². The summed E-state index contributed by atoms with van der Waals surface area (Å²) in [5.41, 5.74) is 6.49. The second-order valence-electron chi connectivity index (χ2n) is 7.47. The molecular formula is C28H22Cl2OTi. The Morgan fingerprint density at radius 2 is 1.12 bits per heavy atom. The maximum Gasteiger partial charge on any atom is -1.00 e. The van der Waals surface area contributed by atoms with Gasteiger partial charge in [0.05, 0.1) is 0 Å². The van der Waals surface area contributed by atoms with Crippen LogP contribution in [0.4, 0.5) is 0 Å². The minimum atomic E-state index is -0.792. The number of allylic oxidation sites excluding steroid dienone is 1. The van der Waals surface area contributed by atoms with E-state index < -0.39 is 19.5 Å². The van der Waals surface area contributed by atoms with Crippen molar-refractivity contribution >= 4 is 9.94 Å². The zero-order chi connectivity index (χ0) is 20.2. The van der Waals surface area contributed by atoms with E-state index in [4.69, 9.17) is 3.32 Å². The predicted octanol–water partition coefficient (Wildman–Crippen LogP) is 0.282. The van der Waals surface area contributed by atoms with E-state index >= 15 is 0 Å². The van der Waals surface area contributed by atoms with Crippen LogP contribution in [0.15, 0.2) is 115 Å². The molecule has 0 aromatic heterocycles. The molecule has 0 N–H and O–H groups in total. The van der Waals surface area contributed by atoms with Crippen LogP contribution in [0.1, 0.15) is 39.8 Å². The van der Waals surface area contributed by atoms with E-state index in [-0.39, 0.29) is 30.9 Å². The van der Waals surface area contributed by atoms with Crippen LogP contribution in [0.3, 0.4) is 0 Å². The molecule has 4 aromatic carbocycles. The van der Waals surface area contributed by atoms with Gasteiger partial charge in [-0.05, 0) is 0 Å². The third kappa shape index (κ3) is 5.26. The molecule has 1 nitrogen and oxygen atoms in total. The summed E-state index contributed by atoms with van der Waals surface area (Å²) in [4.78, 5) is 0. The molecule has 158 valence electrons. The van der Waals surface area contributed by atoms with Crippen molar-refractivity contribution in [1.82, 2.24) is 0 Å². The summed E-state index contributed by atoms with van der Waals surface area (Å²) in [6.07, 6.45) is 4.53. The van der Waals surface area contributed by atoms with Crippen LogP contribution in [0.5, 0.6) is 0 Å². The van der Waals surface area contributed by atoms with Crippen LogP contribution in [0.2, 0.25) is 0 Å². The van der Waals surface area contributed by atoms with Crippen LogP contribution in [0.25, 0.3) is 6.08 Å². The third-order valence-electron chi connectivity index (χ3n) is 5.59. The van der Waals surface area contributed by atoms with Crippen molar-refractivity contribution in [2.24, 2.45) is 0 Å². The SMILES string of the molecule is C1=CC(c2cccc[c]2[Ti+2][O]C(c2ccccc2)c2ccccc2)c2ccccc21.[Cl-].[Cl-]. The molecule has 5 rings (SSSR count). The summed E-state index contributed by atoms with van der Waals surface area (Å²) in [6.45, 7) is 0. The van der Waals surface area contributed by atoms with Gasteiger partial charge in [0.2, 0.25) is 0 Å². The van der Waals surface area contributed by atoms with E-state index in [9.17, 15) is 0 Å². The Labute approximate surface area is 211 Å². The molecule has 4 heteroatoms. The minimum absolute atomic E-state index is 0. The molecule has 0 bridgehead atoms. The van der Waals surface area contributed by atoms with E-state index in [1.165, 1.54) is 31.7 Å². The average molecular weight is 493 g/mol. The largest absolute Gasteiger partial charge is 1.00 e. The van der Waals surface area contributed by atoms with E-state index in [0.29, 0.717) is 5.92 Å². The fourth-order valence-corrected chi connectivity index (χ4v) is 5.71. The molecule has 0 heterocycles. The Kier molecular flexibility index (Phi) is 8.93. The number of rotatable bonds is 6. The second-order valence-corrected chi connectivity index (χ2v) is 9.00. The quantitative estimate of drug-likeness (QED) is 0.351. The zero-order valence-corrected chi connectivity index (χ0v) is 20.4. The van der Waals surface area contributed by atoms with Crippen molar-refractivity contribution in [2.45, 2.75) is 12.0 Å². The molecular weight excluding hydrogens is 471 g/mol. The van der Waals surface area contributed by atoms with E-state index in [1.54, 1.807) is 0 Å². The van der Waals surface area contributed by atoms with Crippen LogP contribution in [0, 0.1) is 0 Å². The number of benzene rings is 4. The maximum atomic E-state index is 6.69. The van der Waals surface area contributed by atoms with Crippen LogP contribution in [-0.2, 0) is 22.9 Å². The summed E-state index contributed by atoms with van der Waals surface area (Å²) in [7, 11) is 0. The topological polar surface area (TPSA) is 9.23 Å². The Hall–Kier alpha value is -2.13. The summed E-state index contributed by atoms with van der Waals surface area (Å²) >= 11 is -0.792. The Balaban J connectivity index is 0.00000144. The van der Waals surface area contributed by atoms with Crippen LogP contribution < -0.4 is 28.7 Å². The van der Waals surface area contributed by atoms with Gasteiger partial charge in [0.25, 0.3) is 0 Å². The maximum absolute atomic E-state index is 6.69. The molecule has 0 spiro atoms. The van der Waals surface area contributed by atoms with Crippen molar-refractivity contribution < 1.29 is 47.7 Å². The first-order valence-corrected chi connectivity index (χ1v) is 11.7. The summed E-state index contributed by atoms with van der Waals surface area (Å²) in [5.74, 6) is 0.316. The molecule has 1 aliphatic carbocycles. The minimum Gasteiger partial charge on any atom is -1.00 e. The molecule has 0 aliphatic heterocycles. The van der Waals surface area contributed by atoms with Gasteiger partial charge in [-0.25, -0.2) is 0 Å². The van der Waals surface area contributed by atoms with Gasteiger partial charge in [0.1, 0.15) is 0 Å². The van der Waals surface area contributed by atoms with Crippen molar-refractivity contribution in [3.05, 3.63) is 143 Å². The van der Waals surface area contributed by atoms with Crippen molar-refractivity contribution in [1.29, 1.82) is 0 Å². The molecule has 0 fully saturated rings. The standard InChI is InChI=1S/C15H11.C13H11O.2ClH.Ti/c1-2-6-12(7-3-1)15-11-10-13-8-4-5-9-14(13)15;14-13(11-7-3-1-4-8-11)12-9-5-2-6-10-12;;;/h1-6,8-11,15H;1-10,13H;2*1H;/q;-1;;;+3/p-2. The van der Waals surface area contributed by atoms with Gasteiger partial charge >= 0.3 is 188 Å². The molecule has 0 saturated carbocycles. The number of hydrogen-bond acceptors (Lipinski definition) is 1. The zero-order valence-electron chi connectivity index (χ0n) is 17.4. The van der Waals surface area contributed by atoms with Crippen LogP contribution in [-0.4, -0.2) is 0 Å². The first-order chi connectivity index (χ1) is 14.9. The summed E-state index contributed by atoms with van der Waals surface area (Å²) < 4.78 is 8.05. The molecule has 0 saturated heterocycles. The first kappa shape index (κ1) is 24.5. The Bertz CT molecular complexity index is 1120. The second kappa shape index (κ2) is 11.7.